The summed E-state index contributed by atoms with van der Waals surface area (Å²) in [6, 6.07) is 1.90. The number of benzene rings is 1. The van der Waals surface area contributed by atoms with Gasteiger partial charge in [-0.3, -0.25) is 0 Å². The molecule has 5 heteroatoms. The second kappa shape index (κ2) is 4.11. The first-order valence-electron chi connectivity index (χ1n) is 5.86. The maximum Gasteiger partial charge on any atom is 0.235 e. The Kier molecular flexibility index (Phi) is 2.68. The van der Waals surface area contributed by atoms with Gasteiger partial charge in [-0.05, 0) is 25.8 Å². The first kappa shape index (κ1) is 11.8. The molecule has 0 bridgehead atoms. The fourth-order valence-corrected chi connectivity index (χ4v) is 3.38. The minimum Gasteiger partial charge on any atom is -0.486 e. The number of carbonyl (C=O) groups excluding carboxylic acids is 1. The lowest BCUT2D eigenvalue weighted by Gasteiger charge is -2.24. The van der Waals surface area contributed by atoms with Crippen molar-refractivity contribution in [3.63, 3.8) is 0 Å². The minimum absolute atomic E-state index is 0.402. The van der Waals surface area contributed by atoms with Crippen molar-refractivity contribution in [1.82, 2.24) is 0 Å². The molecule has 0 atom stereocenters. The molecule has 2 aliphatic rings. The molecule has 0 radical (unpaired) electrons. The number of fused-ring (bicyclic) bond motifs is 1. The van der Waals surface area contributed by atoms with Gasteiger partial charge in [0.15, 0.2) is 11.5 Å². The van der Waals surface area contributed by atoms with Crippen molar-refractivity contribution in [3.8, 4) is 11.5 Å². The van der Waals surface area contributed by atoms with Gasteiger partial charge in [0.05, 0.1) is 5.54 Å². The van der Waals surface area contributed by atoms with Crippen LogP contribution in [0.15, 0.2) is 15.5 Å². The topological polar surface area (TPSA) is 47.9 Å². The van der Waals surface area contributed by atoms with Crippen LogP contribution in [0.4, 0.5) is 0 Å². The van der Waals surface area contributed by atoms with E-state index in [4.69, 9.17) is 9.47 Å². The Morgan fingerprint density at radius 1 is 1.39 bits per heavy atom. The zero-order valence-corrected chi connectivity index (χ0v) is 11.5. The minimum atomic E-state index is -0.402. The summed E-state index contributed by atoms with van der Waals surface area (Å²) in [5.74, 6) is 1.52. The van der Waals surface area contributed by atoms with Crippen molar-refractivity contribution in [1.29, 1.82) is 0 Å². The molecule has 0 amide bonds. The molecule has 1 fully saturated rings. The molecule has 1 saturated carbocycles. The van der Waals surface area contributed by atoms with E-state index < -0.39 is 5.54 Å². The number of nitrogens with zero attached hydrogens (tertiary/aromatic N) is 1. The summed E-state index contributed by atoms with van der Waals surface area (Å²) >= 11 is 3.55. The molecule has 1 aliphatic carbocycles. The van der Waals surface area contributed by atoms with Gasteiger partial charge in [0.25, 0.3) is 0 Å². The van der Waals surface area contributed by atoms with Crippen molar-refractivity contribution >= 4 is 22.0 Å². The van der Waals surface area contributed by atoms with Crippen LogP contribution in [0.1, 0.15) is 24.0 Å². The number of hydrogen-bond donors (Lipinski definition) is 0. The van der Waals surface area contributed by atoms with Crippen molar-refractivity contribution in [2.45, 2.75) is 25.3 Å². The molecule has 1 heterocycles. The zero-order chi connectivity index (χ0) is 12.8. The third-order valence-electron chi connectivity index (χ3n) is 3.47. The molecular formula is C13H12BrNO3. The van der Waals surface area contributed by atoms with Crippen LogP contribution in [0.5, 0.6) is 11.5 Å². The highest BCUT2D eigenvalue weighted by Crippen LogP contribution is 2.55. The summed E-state index contributed by atoms with van der Waals surface area (Å²) < 4.78 is 12.2. The second-order valence-corrected chi connectivity index (χ2v) is 5.47. The summed E-state index contributed by atoms with van der Waals surface area (Å²) in [6.45, 7) is 3.10. The van der Waals surface area contributed by atoms with Gasteiger partial charge in [-0.15, -0.1) is 0 Å². The van der Waals surface area contributed by atoms with Crippen molar-refractivity contribution in [2.75, 3.05) is 13.2 Å². The fraction of sp³-hybridized carbons (Fsp3) is 0.462. The zero-order valence-electron chi connectivity index (χ0n) is 9.96. The van der Waals surface area contributed by atoms with Gasteiger partial charge >= 0.3 is 0 Å². The molecule has 4 nitrogen and oxygen atoms in total. The summed E-state index contributed by atoms with van der Waals surface area (Å²) in [5, 5.41) is 0. The molecule has 0 spiro atoms. The second-order valence-electron chi connectivity index (χ2n) is 4.62. The number of hydrogen-bond acceptors (Lipinski definition) is 4. The Balaban J connectivity index is 2.18. The van der Waals surface area contributed by atoms with E-state index in [2.05, 4.69) is 20.9 Å². The molecule has 3 rings (SSSR count). The average molecular weight is 310 g/mol. The van der Waals surface area contributed by atoms with E-state index in [1.54, 1.807) is 6.08 Å². The molecule has 1 aliphatic heterocycles. The molecule has 0 unspecified atom stereocenters. The van der Waals surface area contributed by atoms with E-state index in [0.717, 1.165) is 39.9 Å². The van der Waals surface area contributed by atoms with Gasteiger partial charge in [-0.2, -0.15) is 4.99 Å². The molecule has 18 heavy (non-hydrogen) atoms. The first-order chi connectivity index (χ1) is 8.68. The largest absolute Gasteiger partial charge is 0.486 e. The molecule has 0 aromatic heterocycles. The van der Waals surface area contributed by atoms with E-state index in [1.807, 2.05) is 13.0 Å². The molecule has 94 valence electrons. The lowest BCUT2D eigenvalue weighted by atomic mass is 9.98. The molecule has 0 saturated heterocycles. The van der Waals surface area contributed by atoms with E-state index in [9.17, 15) is 4.79 Å². The lowest BCUT2D eigenvalue weighted by molar-refractivity contribution is 0.170. The van der Waals surface area contributed by atoms with E-state index >= 15 is 0 Å². The van der Waals surface area contributed by atoms with Crippen molar-refractivity contribution in [3.05, 3.63) is 21.7 Å². The molecule has 0 N–H and O–H groups in total. The van der Waals surface area contributed by atoms with Gasteiger partial charge < -0.3 is 9.47 Å². The number of ether oxygens (including phenoxy) is 2. The number of halogens is 1. The van der Waals surface area contributed by atoms with Crippen LogP contribution in [-0.2, 0) is 10.3 Å². The number of rotatable bonds is 2. The summed E-state index contributed by atoms with van der Waals surface area (Å²) in [5.41, 5.74) is 1.62. The number of aliphatic imine (C=N–C) groups is 1. The monoisotopic (exact) mass is 309 g/mol. The number of isocyanates is 1. The summed E-state index contributed by atoms with van der Waals surface area (Å²) in [7, 11) is 0. The van der Waals surface area contributed by atoms with Crippen LogP contribution in [0.2, 0.25) is 0 Å². The summed E-state index contributed by atoms with van der Waals surface area (Å²) in [4.78, 5) is 14.6. The highest BCUT2D eigenvalue weighted by molar-refractivity contribution is 9.10. The predicted molar refractivity (Wildman–Crippen MR) is 68.9 cm³/mol. The van der Waals surface area contributed by atoms with Crippen LogP contribution in [0.3, 0.4) is 0 Å². The summed E-state index contributed by atoms with van der Waals surface area (Å²) in [6.07, 6.45) is 3.44. The van der Waals surface area contributed by atoms with Gasteiger partial charge in [-0.1, -0.05) is 15.9 Å². The standard InChI is InChI=1S/C13H12BrNO3/c1-8-11(13(2-3-13)15-7-16)9(14)6-10-12(8)18-5-4-17-10/h6H,2-5H2,1H3. The SMILES string of the molecule is Cc1c2c(cc(Br)c1C1(N=C=O)CC1)OCCO2. The average Bonchev–Trinajstić information content (AvgIpc) is 3.10. The Bertz CT molecular complexity index is 560. The predicted octanol–water partition coefficient (Wildman–Crippen LogP) is 2.85. The quantitative estimate of drug-likeness (QED) is 0.623. The van der Waals surface area contributed by atoms with Crippen LogP contribution >= 0.6 is 15.9 Å². The Morgan fingerprint density at radius 2 is 2.11 bits per heavy atom. The normalized spacial score (nSPS) is 19.0. The lowest BCUT2D eigenvalue weighted by Crippen LogP contribution is -2.18. The molecular weight excluding hydrogens is 298 g/mol. The Morgan fingerprint density at radius 3 is 2.78 bits per heavy atom. The van der Waals surface area contributed by atoms with Crippen LogP contribution < -0.4 is 9.47 Å². The third kappa shape index (κ3) is 1.66. The Hall–Kier alpha value is -1.32. The highest BCUT2D eigenvalue weighted by atomic mass is 79.9. The van der Waals surface area contributed by atoms with Gasteiger partial charge in [0, 0.05) is 15.6 Å². The first-order valence-corrected chi connectivity index (χ1v) is 6.65. The Labute approximate surface area is 113 Å². The third-order valence-corrected chi connectivity index (χ3v) is 4.10. The van der Waals surface area contributed by atoms with Gasteiger partial charge in [0.1, 0.15) is 13.2 Å². The van der Waals surface area contributed by atoms with E-state index in [-0.39, 0.29) is 0 Å². The fourth-order valence-electron chi connectivity index (χ4n) is 2.51. The maximum atomic E-state index is 10.6. The smallest absolute Gasteiger partial charge is 0.235 e. The maximum absolute atomic E-state index is 10.6. The van der Waals surface area contributed by atoms with Crippen molar-refractivity contribution < 1.29 is 14.3 Å². The molecule has 1 aromatic carbocycles. The highest BCUT2D eigenvalue weighted by Gasteiger charge is 2.48. The van der Waals surface area contributed by atoms with E-state index in [1.165, 1.54) is 0 Å². The van der Waals surface area contributed by atoms with Gasteiger partial charge in [-0.25, -0.2) is 4.79 Å². The van der Waals surface area contributed by atoms with Crippen LogP contribution in [0, 0.1) is 6.92 Å². The van der Waals surface area contributed by atoms with Crippen LogP contribution in [-0.4, -0.2) is 19.3 Å². The van der Waals surface area contributed by atoms with Crippen LogP contribution in [0.25, 0.3) is 0 Å². The molecule has 1 aromatic rings. The van der Waals surface area contributed by atoms with Crippen molar-refractivity contribution in [2.24, 2.45) is 4.99 Å². The van der Waals surface area contributed by atoms with Gasteiger partial charge in [0.2, 0.25) is 6.08 Å². The van der Waals surface area contributed by atoms with E-state index in [0.29, 0.717) is 13.2 Å².